The van der Waals surface area contributed by atoms with Crippen molar-refractivity contribution in [2.24, 2.45) is 5.84 Å². The molecule has 0 bridgehead atoms. The van der Waals surface area contributed by atoms with Gasteiger partial charge in [-0.1, -0.05) is 20.8 Å². The van der Waals surface area contributed by atoms with Gasteiger partial charge in [0, 0.05) is 23.6 Å². The summed E-state index contributed by atoms with van der Waals surface area (Å²) in [5.41, 5.74) is 3.36. The lowest BCUT2D eigenvalue weighted by Gasteiger charge is -2.30. The third-order valence-corrected chi connectivity index (χ3v) is 3.16. The Balaban J connectivity index is 3.43. The molecule has 6 heteroatoms. The van der Waals surface area contributed by atoms with Crippen molar-refractivity contribution in [3.63, 3.8) is 0 Å². The molecule has 0 amide bonds. The average Bonchev–Trinajstić information content (AvgIpc) is 2.35. The van der Waals surface area contributed by atoms with E-state index in [9.17, 15) is 5.11 Å². The molecule has 1 aromatic rings. The first-order chi connectivity index (χ1) is 9.22. The fourth-order valence-corrected chi connectivity index (χ4v) is 1.98. The number of anilines is 2. The van der Waals surface area contributed by atoms with E-state index in [1.54, 1.807) is 0 Å². The van der Waals surface area contributed by atoms with E-state index in [0.717, 1.165) is 17.2 Å². The molecule has 0 aliphatic rings. The van der Waals surface area contributed by atoms with Gasteiger partial charge in [-0.05, 0) is 20.8 Å². The zero-order chi connectivity index (χ0) is 15.5. The minimum absolute atomic E-state index is 0.0812. The monoisotopic (exact) mass is 281 g/mol. The van der Waals surface area contributed by atoms with E-state index in [-0.39, 0.29) is 18.1 Å². The van der Waals surface area contributed by atoms with E-state index in [0.29, 0.717) is 12.4 Å². The lowest BCUT2D eigenvalue weighted by Crippen LogP contribution is -2.36. The van der Waals surface area contributed by atoms with Crippen molar-refractivity contribution in [2.45, 2.75) is 53.0 Å². The Kier molecular flexibility index (Phi) is 5.30. The molecule has 0 spiro atoms. The second kappa shape index (κ2) is 6.37. The van der Waals surface area contributed by atoms with E-state index >= 15 is 0 Å². The summed E-state index contributed by atoms with van der Waals surface area (Å²) in [5.74, 6) is 7.75. The maximum Gasteiger partial charge on any atom is 0.148 e. The van der Waals surface area contributed by atoms with E-state index in [4.69, 9.17) is 10.8 Å². The van der Waals surface area contributed by atoms with Crippen molar-refractivity contribution in [1.82, 2.24) is 9.97 Å². The van der Waals surface area contributed by atoms with E-state index in [1.807, 2.05) is 6.92 Å². The van der Waals surface area contributed by atoms with Crippen LogP contribution in [0, 0.1) is 6.92 Å². The minimum atomic E-state index is -0.171. The zero-order valence-corrected chi connectivity index (χ0v) is 13.4. The van der Waals surface area contributed by atoms with E-state index in [1.165, 1.54) is 0 Å². The summed E-state index contributed by atoms with van der Waals surface area (Å²) in [6, 6.07) is 0.231. The number of rotatable bonds is 5. The Morgan fingerprint density at radius 1 is 1.30 bits per heavy atom. The molecule has 20 heavy (non-hydrogen) atoms. The SMILES string of the molecule is Cc1c(NN)nc(C(C)(C)C)nc1N(CCO)C(C)C. The van der Waals surface area contributed by atoms with Gasteiger partial charge in [-0.25, -0.2) is 15.8 Å². The molecule has 0 saturated carbocycles. The second-order valence-corrected chi connectivity index (χ2v) is 6.25. The summed E-state index contributed by atoms with van der Waals surface area (Å²) >= 11 is 0. The predicted molar refractivity (Wildman–Crippen MR) is 82.8 cm³/mol. The highest BCUT2D eigenvalue weighted by molar-refractivity contribution is 5.59. The molecule has 0 aliphatic carbocycles. The molecule has 0 aromatic carbocycles. The molecule has 4 N–H and O–H groups in total. The van der Waals surface area contributed by atoms with Crippen molar-refractivity contribution >= 4 is 11.6 Å². The number of nitrogens with one attached hydrogen (secondary N) is 1. The summed E-state index contributed by atoms with van der Waals surface area (Å²) in [6.07, 6.45) is 0. The standard InChI is InChI=1S/C14H27N5O/c1-9(2)19(7-8-20)12-10(3)11(18-15)16-13(17-12)14(4,5)6/h9,20H,7-8,15H2,1-6H3,(H,16,17,18). The summed E-state index contributed by atoms with van der Waals surface area (Å²) in [4.78, 5) is 11.3. The number of nitrogen functional groups attached to an aromatic ring is 1. The van der Waals surface area contributed by atoms with Gasteiger partial charge in [0.1, 0.15) is 17.5 Å². The van der Waals surface area contributed by atoms with Gasteiger partial charge in [0.2, 0.25) is 0 Å². The summed E-state index contributed by atoms with van der Waals surface area (Å²) in [6.45, 7) is 12.9. The number of aromatic nitrogens is 2. The van der Waals surface area contributed by atoms with Crippen LogP contribution in [-0.2, 0) is 5.41 Å². The van der Waals surface area contributed by atoms with Crippen LogP contribution >= 0.6 is 0 Å². The summed E-state index contributed by atoms with van der Waals surface area (Å²) in [7, 11) is 0. The van der Waals surface area contributed by atoms with Crippen molar-refractivity contribution in [1.29, 1.82) is 0 Å². The molecule has 1 rings (SSSR count). The number of hydrazine groups is 1. The molecule has 114 valence electrons. The third kappa shape index (κ3) is 3.58. The first kappa shape index (κ1) is 16.7. The Hall–Kier alpha value is -1.40. The molecule has 0 aliphatic heterocycles. The summed E-state index contributed by atoms with van der Waals surface area (Å²) in [5, 5.41) is 9.27. The normalized spacial score (nSPS) is 11.8. The van der Waals surface area contributed by atoms with Crippen LogP contribution in [0.2, 0.25) is 0 Å². The van der Waals surface area contributed by atoms with E-state index in [2.05, 4.69) is 49.9 Å². The summed E-state index contributed by atoms with van der Waals surface area (Å²) < 4.78 is 0. The lowest BCUT2D eigenvalue weighted by molar-refractivity contribution is 0.298. The van der Waals surface area contributed by atoms with Gasteiger partial charge in [0.25, 0.3) is 0 Å². The highest BCUT2D eigenvalue weighted by Gasteiger charge is 2.24. The Morgan fingerprint density at radius 3 is 2.30 bits per heavy atom. The van der Waals surface area contributed by atoms with E-state index < -0.39 is 0 Å². The molecule has 0 unspecified atom stereocenters. The van der Waals surface area contributed by atoms with Gasteiger partial charge in [0.05, 0.1) is 6.61 Å². The first-order valence-electron chi connectivity index (χ1n) is 6.95. The van der Waals surface area contributed by atoms with Crippen LogP contribution in [-0.4, -0.2) is 34.3 Å². The van der Waals surface area contributed by atoms with Crippen LogP contribution in [0.15, 0.2) is 0 Å². The number of nitrogens with zero attached hydrogens (tertiary/aromatic N) is 3. The Morgan fingerprint density at radius 2 is 1.90 bits per heavy atom. The molecule has 0 radical (unpaired) electrons. The topological polar surface area (TPSA) is 87.3 Å². The molecule has 0 atom stereocenters. The van der Waals surface area contributed by atoms with Crippen molar-refractivity contribution in [3.8, 4) is 0 Å². The van der Waals surface area contributed by atoms with Crippen molar-refractivity contribution in [2.75, 3.05) is 23.5 Å². The minimum Gasteiger partial charge on any atom is -0.395 e. The number of aliphatic hydroxyl groups excluding tert-OH is 1. The molecule has 1 aromatic heterocycles. The van der Waals surface area contributed by atoms with Gasteiger partial charge in [0.15, 0.2) is 0 Å². The molecule has 0 fully saturated rings. The Bertz CT molecular complexity index is 454. The fraction of sp³-hybridized carbons (Fsp3) is 0.714. The molecular formula is C14H27N5O. The highest BCUT2D eigenvalue weighted by atomic mass is 16.3. The van der Waals surface area contributed by atoms with Crippen LogP contribution < -0.4 is 16.2 Å². The average molecular weight is 281 g/mol. The van der Waals surface area contributed by atoms with Crippen LogP contribution in [0.4, 0.5) is 11.6 Å². The predicted octanol–water partition coefficient (Wildman–Crippen LogP) is 1.58. The molecule has 0 saturated heterocycles. The lowest BCUT2D eigenvalue weighted by atomic mass is 9.95. The maximum atomic E-state index is 9.27. The van der Waals surface area contributed by atoms with Crippen molar-refractivity contribution in [3.05, 3.63) is 11.4 Å². The Labute approximate surface area is 121 Å². The second-order valence-electron chi connectivity index (χ2n) is 6.25. The molecular weight excluding hydrogens is 254 g/mol. The molecule has 1 heterocycles. The van der Waals surface area contributed by atoms with Gasteiger partial charge >= 0.3 is 0 Å². The van der Waals surface area contributed by atoms with Crippen LogP contribution in [0.25, 0.3) is 0 Å². The number of nitrogens with two attached hydrogens (primary N) is 1. The van der Waals surface area contributed by atoms with Gasteiger partial charge < -0.3 is 15.4 Å². The van der Waals surface area contributed by atoms with Gasteiger partial charge in [-0.2, -0.15) is 0 Å². The smallest absolute Gasteiger partial charge is 0.148 e. The maximum absolute atomic E-state index is 9.27. The quantitative estimate of drug-likeness (QED) is 0.561. The van der Waals surface area contributed by atoms with Crippen LogP contribution in [0.5, 0.6) is 0 Å². The van der Waals surface area contributed by atoms with Gasteiger partial charge in [-0.15, -0.1) is 0 Å². The van der Waals surface area contributed by atoms with Crippen LogP contribution in [0.1, 0.15) is 46.0 Å². The van der Waals surface area contributed by atoms with Crippen molar-refractivity contribution < 1.29 is 5.11 Å². The number of hydrogen-bond acceptors (Lipinski definition) is 6. The first-order valence-corrected chi connectivity index (χ1v) is 6.95. The largest absolute Gasteiger partial charge is 0.395 e. The fourth-order valence-electron chi connectivity index (χ4n) is 1.98. The highest BCUT2D eigenvalue weighted by Crippen LogP contribution is 2.28. The third-order valence-electron chi connectivity index (χ3n) is 3.16. The van der Waals surface area contributed by atoms with Gasteiger partial charge in [-0.3, -0.25) is 0 Å². The zero-order valence-electron chi connectivity index (χ0n) is 13.4. The molecule has 6 nitrogen and oxygen atoms in total. The van der Waals surface area contributed by atoms with Crippen LogP contribution in [0.3, 0.4) is 0 Å². The number of aliphatic hydroxyl groups is 1. The number of hydrogen-bond donors (Lipinski definition) is 3.